The van der Waals surface area contributed by atoms with Gasteiger partial charge in [0.25, 0.3) is 0 Å². The first-order valence-electron chi connectivity index (χ1n) is 5.01. The molecule has 3 N–H and O–H groups in total. The summed E-state index contributed by atoms with van der Waals surface area (Å²) < 4.78 is 35.9. The Morgan fingerprint density at radius 2 is 2.12 bits per heavy atom. The van der Waals surface area contributed by atoms with Crippen molar-refractivity contribution in [1.29, 1.82) is 0 Å². The molecule has 94 valence electrons. The number of nitrogen functional groups attached to an aromatic ring is 1. The Morgan fingerprint density at radius 3 is 2.65 bits per heavy atom. The predicted octanol–water partition coefficient (Wildman–Crippen LogP) is 1.88. The van der Waals surface area contributed by atoms with Crippen molar-refractivity contribution in [3.8, 4) is 0 Å². The number of nitrogens with two attached hydrogens (primary N) is 1. The number of anilines is 1. The third kappa shape index (κ3) is 4.34. The highest BCUT2D eigenvalue weighted by Gasteiger charge is 2.39. The number of alkyl halides is 3. The molecule has 0 saturated carbocycles. The lowest BCUT2D eigenvalue weighted by atomic mass is 10.1. The van der Waals surface area contributed by atoms with Gasteiger partial charge in [-0.3, -0.25) is 4.79 Å². The van der Waals surface area contributed by atoms with Gasteiger partial charge in [-0.05, 0) is 31.0 Å². The average Bonchev–Trinajstić information content (AvgIpc) is 2.15. The number of benzene rings is 1. The van der Waals surface area contributed by atoms with E-state index in [-0.39, 0.29) is 0 Å². The van der Waals surface area contributed by atoms with Gasteiger partial charge in [0.1, 0.15) is 0 Å². The SMILES string of the molecule is CC(Cc1cccc(N)c1)NC(=O)C(F)(F)F. The second kappa shape index (κ2) is 5.07. The lowest BCUT2D eigenvalue weighted by Gasteiger charge is -2.15. The first-order chi connectivity index (χ1) is 7.79. The maximum atomic E-state index is 12.0. The number of carbonyl (C=O) groups is 1. The summed E-state index contributed by atoms with van der Waals surface area (Å²) in [6, 6.07) is 6.19. The van der Waals surface area contributed by atoms with Gasteiger partial charge in [0.15, 0.2) is 0 Å². The molecule has 0 heterocycles. The Labute approximate surface area is 96.8 Å². The van der Waals surface area contributed by atoms with E-state index in [1.54, 1.807) is 24.3 Å². The third-order valence-electron chi connectivity index (χ3n) is 2.13. The molecule has 0 aromatic heterocycles. The Bertz CT molecular complexity index is 404. The van der Waals surface area contributed by atoms with Gasteiger partial charge in [-0.2, -0.15) is 13.2 Å². The summed E-state index contributed by atoms with van der Waals surface area (Å²) >= 11 is 0. The van der Waals surface area contributed by atoms with Crippen LogP contribution in [-0.4, -0.2) is 18.1 Å². The summed E-state index contributed by atoms with van der Waals surface area (Å²) in [4.78, 5) is 10.7. The van der Waals surface area contributed by atoms with E-state index in [0.717, 1.165) is 5.56 Å². The number of hydrogen-bond acceptors (Lipinski definition) is 2. The zero-order chi connectivity index (χ0) is 13.1. The molecule has 1 amide bonds. The van der Waals surface area contributed by atoms with Gasteiger partial charge in [-0.15, -0.1) is 0 Å². The van der Waals surface area contributed by atoms with Crippen LogP contribution in [0.25, 0.3) is 0 Å². The maximum Gasteiger partial charge on any atom is 0.471 e. The van der Waals surface area contributed by atoms with Crippen molar-refractivity contribution < 1.29 is 18.0 Å². The molecule has 3 nitrogen and oxygen atoms in total. The predicted molar refractivity (Wildman–Crippen MR) is 58.2 cm³/mol. The van der Waals surface area contributed by atoms with E-state index in [1.165, 1.54) is 6.92 Å². The Hall–Kier alpha value is -1.72. The van der Waals surface area contributed by atoms with Crippen LogP contribution >= 0.6 is 0 Å². The number of nitrogens with one attached hydrogen (secondary N) is 1. The second-order valence-electron chi connectivity index (χ2n) is 3.82. The van der Waals surface area contributed by atoms with Gasteiger partial charge >= 0.3 is 12.1 Å². The highest BCUT2D eigenvalue weighted by molar-refractivity contribution is 5.81. The van der Waals surface area contributed by atoms with Crippen molar-refractivity contribution in [2.24, 2.45) is 0 Å². The number of carbonyl (C=O) groups excluding carboxylic acids is 1. The molecule has 0 fully saturated rings. The molecular formula is C11H13F3N2O. The number of rotatable bonds is 3. The lowest BCUT2D eigenvalue weighted by Crippen LogP contribution is -2.42. The Balaban J connectivity index is 2.56. The van der Waals surface area contributed by atoms with Gasteiger partial charge in [-0.25, -0.2) is 0 Å². The first kappa shape index (κ1) is 13.3. The lowest BCUT2D eigenvalue weighted by molar-refractivity contribution is -0.174. The summed E-state index contributed by atoms with van der Waals surface area (Å²) in [6.45, 7) is 1.51. The van der Waals surface area contributed by atoms with E-state index in [4.69, 9.17) is 5.73 Å². The standard InChI is InChI=1S/C11H13F3N2O/c1-7(16-10(17)11(12,13)14)5-8-3-2-4-9(15)6-8/h2-4,6-7H,5,15H2,1H3,(H,16,17). The van der Waals surface area contributed by atoms with Crippen LogP contribution in [0.1, 0.15) is 12.5 Å². The van der Waals surface area contributed by atoms with Gasteiger partial charge in [-0.1, -0.05) is 12.1 Å². The molecule has 0 aliphatic carbocycles. The second-order valence-corrected chi connectivity index (χ2v) is 3.82. The van der Waals surface area contributed by atoms with E-state index in [0.29, 0.717) is 12.1 Å². The molecule has 1 atom stereocenters. The van der Waals surface area contributed by atoms with Gasteiger partial charge in [0, 0.05) is 11.7 Å². The monoisotopic (exact) mass is 246 g/mol. The van der Waals surface area contributed by atoms with E-state index >= 15 is 0 Å². The molecule has 0 saturated heterocycles. The molecule has 17 heavy (non-hydrogen) atoms. The van der Waals surface area contributed by atoms with Crippen molar-refractivity contribution in [3.63, 3.8) is 0 Å². The van der Waals surface area contributed by atoms with Crippen LogP contribution in [0.5, 0.6) is 0 Å². The fourth-order valence-corrected chi connectivity index (χ4v) is 1.43. The van der Waals surface area contributed by atoms with Crippen LogP contribution < -0.4 is 11.1 Å². The number of amides is 1. The fourth-order valence-electron chi connectivity index (χ4n) is 1.43. The molecule has 1 unspecified atom stereocenters. The molecule has 0 bridgehead atoms. The molecule has 1 aromatic carbocycles. The summed E-state index contributed by atoms with van der Waals surface area (Å²) in [5, 5.41) is 1.88. The van der Waals surface area contributed by atoms with Crippen LogP contribution in [0, 0.1) is 0 Å². The molecule has 6 heteroatoms. The minimum Gasteiger partial charge on any atom is -0.399 e. The molecule has 0 aliphatic rings. The fraction of sp³-hybridized carbons (Fsp3) is 0.364. The summed E-state index contributed by atoms with van der Waals surface area (Å²) in [5.41, 5.74) is 6.85. The summed E-state index contributed by atoms with van der Waals surface area (Å²) in [7, 11) is 0. The molecule has 1 rings (SSSR count). The van der Waals surface area contributed by atoms with Gasteiger partial charge < -0.3 is 11.1 Å². The summed E-state index contributed by atoms with van der Waals surface area (Å²) in [6.07, 6.45) is -4.54. The normalized spacial score (nSPS) is 13.2. The van der Waals surface area contributed by atoms with Gasteiger partial charge in [0.05, 0.1) is 0 Å². The number of hydrogen-bond donors (Lipinski definition) is 2. The van der Waals surface area contributed by atoms with E-state index in [1.807, 2.05) is 5.32 Å². The topological polar surface area (TPSA) is 55.1 Å². The zero-order valence-corrected chi connectivity index (χ0v) is 9.21. The van der Waals surface area contributed by atoms with Crippen LogP contribution in [0.3, 0.4) is 0 Å². The molecule has 0 radical (unpaired) electrons. The quantitative estimate of drug-likeness (QED) is 0.800. The van der Waals surface area contributed by atoms with Crippen molar-refractivity contribution >= 4 is 11.6 Å². The molecule has 0 spiro atoms. The minimum atomic E-state index is -4.84. The van der Waals surface area contributed by atoms with Gasteiger partial charge in [0.2, 0.25) is 0 Å². The minimum absolute atomic E-state index is 0.298. The van der Waals surface area contributed by atoms with Crippen molar-refractivity contribution in [2.75, 3.05) is 5.73 Å². The maximum absolute atomic E-state index is 12.0. The van der Waals surface area contributed by atoms with E-state index in [9.17, 15) is 18.0 Å². The molecule has 1 aromatic rings. The smallest absolute Gasteiger partial charge is 0.399 e. The van der Waals surface area contributed by atoms with E-state index in [2.05, 4.69) is 0 Å². The Morgan fingerprint density at radius 1 is 1.47 bits per heavy atom. The van der Waals surface area contributed by atoms with Crippen molar-refractivity contribution in [3.05, 3.63) is 29.8 Å². The van der Waals surface area contributed by atoms with Crippen molar-refractivity contribution in [1.82, 2.24) is 5.32 Å². The van der Waals surface area contributed by atoms with Crippen LogP contribution in [0.15, 0.2) is 24.3 Å². The van der Waals surface area contributed by atoms with E-state index < -0.39 is 18.1 Å². The Kier molecular flexibility index (Phi) is 3.98. The highest BCUT2D eigenvalue weighted by Crippen LogP contribution is 2.15. The van der Waals surface area contributed by atoms with Crippen molar-refractivity contribution in [2.45, 2.75) is 25.6 Å². The first-order valence-corrected chi connectivity index (χ1v) is 5.01. The average molecular weight is 246 g/mol. The molecule has 0 aliphatic heterocycles. The van der Waals surface area contributed by atoms with Crippen LogP contribution in [-0.2, 0) is 11.2 Å². The largest absolute Gasteiger partial charge is 0.471 e. The number of halogens is 3. The van der Waals surface area contributed by atoms with Crippen LogP contribution in [0.4, 0.5) is 18.9 Å². The van der Waals surface area contributed by atoms with Crippen LogP contribution in [0.2, 0.25) is 0 Å². The summed E-state index contributed by atoms with van der Waals surface area (Å²) in [5.74, 6) is -1.92. The zero-order valence-electron chi connectivity index (χ0n) is 9.21. The molecular weight excluding hydrogens is 233 g/mol. The third-order valence-corrected chi connectivity index (χ3v) is 2.13. The highest BCUT2D eigenvalue weighted by atomic mass is 19.4.